The van der Waals surface area contributed by atoms with Gasteiger partial charge in [-0.05, 0) is 6.42 Å². The minimum absolute atomic E-state index is 0.0680. The van der Waals surface area contributed by atoms with Gasteiger partial charge in [-0.1, -0.05) is 20.3 Å². The average Bonchev–Trinajstić information content (AvgIpc) is 1.88. The minimum atomic E-state index is -2.29. The Labute approximate surface area is 60.6 Å². The van der Waals surface area contributed by atoms with Gasteiger partial charge in [0.2, 0.25) is 6.43 Å². The van der Waals surface area contributed by atoms with Crippen LogP contribution in [-0.4, -0.2) is 13.0 Å². The van der Waals surface area contributed by atoms with Crippen molar-refractivity contribution in [3.05, 3.63) is 0 Å². The maximum absolute atomic E-state index is 12.2. The summed E-state index contributed by atoms with van der Waals surface area (Å²) in [4.78, 5) is 0. The third-order valence-corrected chi connectivity index (χ3v) is 1.81. The summed E-state index contributed by atoms with van der Waals surface area (Å²) in [5.41, 5.74) is 4.25. The SMILES string of the molecule is CCCC(C)(CN)C(F)F. The number of hydrogen-bond donors (Lipinski definition) is 1. The molecule has 0 aromatic rings. The second-order valence-corrected chi connectivity index (χ2v) is 2.91. The summed E-state index contributed by atoms with van der Waals surface area (Å²) in [7, 11) is 0. The van der Waals surface area contributed by atoms with Crippen LogP contribution >= 0.6 is 0 Å². The molecule has 1 unspecified atom stereocenters. The molecule has 10 heavy (non-hydrogen) atoms. The Kier molecular flexibility index (Phi) is 3.79. The first-order valence-electron chi connectivity index (χ1n) is 3.55. The van der Waals surface area contributed by atoms with Gasteiger partial charge in [0.15, 0.2) is 0 Å². The third-order valence-electron chi connectivity index (χ3n) is 1.81. The van der Waals surface area contributed by atoms with Crippen LogP contribution in [0.4, 0.5) is 8.78 Å². The number of nitrogens with two attached hydrogens (primary N) is 1. The third kappa shape index (κ3) is 2.21. The van der Waals surface area contributed by atoms with E-state index in [0.29, 0.717) is 6.42 Å². The predicted molar refractivity (Wildman–Crippen MR) is 38.1 cm³/mol. The van der Waals surface area contributed by atoms with Crippen molar-refractivity contribution in [1.82, 2.24) is 0 Å². The quantitative estimate of drug-likeness (QED) is 0.653. The summed E-state index contributed by atoms with van der Waals surface area (Å²) < 4.78 is 24.4. The van der Waals surface area contributed by atoms with Crippen LogP contribution in [0, 0.1) is 5.41 Å². The molecule has 0 aliphatic heterocycles. The number of halogens is 2. The molecule has 0 fully saturated rings. The van der Waals surface area contributed by atoms with Gasteiger partial charge in [0.25, 0.3) is 0 Å². The molecule has 3 heteroatoms. The van der Waals surface area contributed by atoms with E-state index in [0.717, 1.165) is 6.42 Å². The van der Waals surface area contributed by atoms with Crippen LogP contribution in [0.2, 0.25) is 0 Å². The number of alkyl halides is 2. The summed E-state index contributed by atoms with van der Waals surface area (Å²) in [5.74, 6) is 0. The Balaban J connectivity index is 3.94. The van der Waals surface area contributed by atoms with Crippen LogP contribution in [0.5, 0.6) is 0 Å². The van der Waals surface area contributed by atoms with Crippen molar-refractivity contribution < 1.29 is 8.78 Å². The van der Waals surface area contributed by atoms with Crippen molar-refractivity contribution >= 4 is 0 Å². The van der Waals surface area contributed by atoms with Gasteiger partial charge in [-0.15, -0.1) is 0 Å². The second kappa shape index (κ2) is 3.86. The topological polar surface area (TPSA) is 26.0 Å². The molecule has 1 nitrogen and oxygen atoms in total. The van der Waals surface area contributed by atoms with Crippen molar-refractivity contribution in [3.63, 3.8) is 0 Å². The lowest BCUT2D eigenvalue weighted by molar-refractivity contribution is 0.00687. The smallest absolute Gasteiger partial charge is 0.245 e. The standard InChI is InChI=1S/C7H15F2N/c1-3-4-7(2,5-10)6(8)9/h6H,3-5,10H2,1-2H3. The zero-order valence-corrected chi connectivity index (χ0v) is 6.53. The van der Waals surface area contributed by atoms with Gasteiger partial charge in [0.05, 0.1) is 0 Å². The van der Waals surface area contributed by atoms with E-state index >= 15 is 0 Å². The lowest BCUT2D eigenvalue weighted by Gasteiger charge is -2.25. The summed E-state index contributed by atoms with van der Waals surface area (Å²) in [6, 6.07) is 0. The highest BCUT2D eigenvalue weighted by molar-refractivity contribution is 4.76. The molecule has 0 aromatic carbocycles. The second-order valence-electron chi connectivity index (χ2n) is 2.91. The van der Waals surface area contributed by atoms with Gasteiger partial charge < -0.3 is 5.73 Å². The maximum Gasteiger partial charge on any atom is 0.245 e. The number of rotatable bonds is 4. The lowest BCUT2D eigenvalue weighted by atomic mass is 9.86. The fourth-order valence-corrected chi connectivity index (χ4v) is 0.871. The van der Waals surface area contributed by atoms with Crippen molar-refractivity contribution in [3.8, 4) is 0 Å². The Hall–Kier alpha value is -0.180. The van der Waals surface area contributed by atoms with Crippen molar-refractivity contribution in [2.45, 2.75) is 33.1 Å². The molecule has 0 rings (SSSR count). The van der Waals surface area contributed by atoms with Crippen LogP contribution in [-0.2, 0) is 0 Å². The fourth-order valence-electron chi connectivity index (χ4n) is 0.871. The van der Waals surface area contributed by atoms with Gasteiger partial charge in [-0.3, -0.25) is 0 Å². The van der Waals surface area contributed by atoms with E-state index in [1.165, 1.54) is 6.92 Å². The summed E-state index contributed by atoms with van der Waals surface area (Å²) >= 11 is 0. The average molecular weight is 151 g/mol. The molecule has 1 atom stereocenters. The highest BCUT2D eigenvalue weighted by atomic mass is 19.3. The van der Waals surface area contributed by atoms with Crippen LogP contribution in [0.15, 0.2) is 0 Å². The van der Waals surface area contributed by atoms with Crippen LogP contribution < -0.4 is 5.73 Å². The van der Waals surface area contributed by atoms with Gasteiger partial charge >= 0.3 is 0 Å². The van der Waals surface area contributed by atoms with Crippen molar-refractivity contribution in [2.75, 3.05) is 6.54 Å². The van der Waals surface area contributed by atoms with E-state index in [1.807, 2.05) is 6.92 Å². The maximum atomic E-state index is 12.2. The molecule has 2 N–H and O–H groups in total. The molecule has 0 saturated carbocycles. The predicted octanol–water partition coefficient (Wildman–Crippen LogP) is 2.02. The van der Waals surface area contributed by atoms with E-state index in [2.05, 4.69) is 0 Å². The summed E-state index contributed by atoms with van der Waals surface area (Å²) in [6.45, 7) is 3.48. The van der Waals surface area contributed by atoms with Crippen LogP contribution in [0.25, 0.3) is 0 Å². The first-order valence-corrected chi connectivity index (χ1v) is 3.55. The van der Waals surface area contributed by atoms with E-state index in [1.54, 1.807) is 0 Å². The molecule has 0 heterocycles. The van der Waals surface area contributed by atoms with E-state index in [-0.39, 0.29) is 6.54 Å². The Morgan fingerprint density at radius 2 is 2.00 bits per heavy atom. The lowest BCUT2D eigenvalue weighted by Crippen LogP contribution is -2.34. The van der Waals surface area contributed by atoms with Crippen molar-refractivity contribution in [1.29, 1.82) is 0 Å². The highest BCUT2D eigenvalue weighted by Gasteiger charge is 2.32. The summed E-state index contributed by atoms with van der Waals surface area (Å²) in [5, 5.41) is 0. The highest BCUT2D eigenvalue weighted by Crippen LogP contribution is 2.29. The molecule has 0 aliphatic carbocycles. The zero-order valence-electron chi connectivity index (χ0n) is 6.53. The molecule has 0 amide bonds. The molecule has 0 spiro atoms. The van der Waals surface area contributed by atoms with Crippen molar-refractivity contribution in [2.24, 2.45) is 11.1 Å². The Morgan fingerprint density at radius 3 is 2.10 bits per heavy atom. The first kappa shape index (κ1) is 9.82. The van der Waals surface area contributed by atoms with Gasteiger partial charge in [-0.2, -0.15) is 0 Å². The van der Waals surface area contributed by atoms with Gasteiger partial charge in [0, 0.05) is 12.0 Å². The fraction of sp³-hybridized carbons (Fsp3) is 1.00. The molecule has 0 aliphatic rings. The molecular formula is C7H15F2N. The van der Waals surface area contributed by atoms with Crippen LogP contribution in [0.3, 0.4) is 0 Å². The van der Waals surface area contributed by atoms with Crippen LogP contribution in [0.1, 0.15) is 26.7 Å². The monoisotopic (exact) mass is 151 g/mol. The van der Waals surface area contributed by atoms with E-state index in [4.69, 9.17) is 5.73 Å². The normalized spacial score (nSPS) is 17.4. The van der Waals surface area contributed by atoms with Gasteiger partial charge in [0.1, 0.15) is 0 Å². The zero-order chi connectivity index (χ0) is 8.20. The molecule has 0 bridgehead atoms. The van der Waals surface area contributed by atoms with E-state index < -0.39 is 11.8 Å². The first-order chi connectivity index (χ1) is 4.56. The van der Waals surface area contributed by atoms with Gasteiger partial charge in [-0.25, -0.2) is 8.78 Å². The molecule has 62 valence electrons. The molecule has 0 radical (unpaired) electrons. The molecular weight excluding hydrogens is 136 g/mol. The number of hydrogen-bond acceptors (Lipinski definition) is 1. The minimum Gasteiger partial charge on any atom is -0.330 e. The largest absolute Gasteiger partial charge is 0.330 e. The molecule has 0 saturated heterocycles. The summed E-state index contributed by atoms with van der Waals surface area (Å²) in [6.07, 6.45) is -1.03. The Morgan fingerprint density at radius 1 is 1.50 bits per heavy atom. The molecule has 0 aromatic heterocycles. The van der Waals surface area contributed by atoms with E-state index in [9.17, 15) is 8.78 Å². The Bertz CT molecular complexity index is 95.6.